The smallest absolute Gasteiger partial charge is 0.269 e. The minimum absolute atomic E-state index is 0.142. The lowest BCUT2D eigenvalue weighted by molar-refractivity contribution is 0.0946. The van der Waals surface area contributed by atoms with Gasteiger partial charge >= 0.3 is 0 Å². The summed E-state index contributed by atoms with van der Waals surface area (Å²) in [5.74, 6) is -0.142. The number of rotatable bonds is 7. The van der Waals surface area contributed by atoms with Crippen LogP contribution in [0.25, 0.3) is 0 Å². The zero-order chi connectivity index (χ0) is 16.7. The maximum atomic E-state index is 11.9. The molecule has 0 unspecified atom stereocenters. The lowest BCUT2D eigenvalue weighted by Crippen LogP contribution is -2.31. The number of hydrogen-bond donors (Lipinski definition) is 2. The first-order chi connectivity index (χ1) is 11.0. The van der Waals surface area contributed by atoms with E-state index in [1.807, 2.05) is 25.1 Å². The van der Waals surface area contributed by atoms with Crippen molar-refractivity contribution in [3.63, 3.8) is 0 Å². The van der Waals surface area contributed by atoms with Crippen LogP contribution in [0.15, 0.2) is 42.6 Å². The van der Waals surface area contributed by atoms with Crippen molar-refractivity contribution in [2.24, 2.45) is 0 Å². The standard InChI is InChI=1S/C18H24N4O/c1-14-4-6-15(7-5-14)12-20-16-8-9-17(21-13-16)18(23)19-10-11-22(2)3/h4-9,13,20H,10-12H2,1-3H3,(H,19,23). The van der Waals surface area contributed by atoms with E-state index < -0.39 is 0 Å². The first-order valence-corrected chi connectivity index (χ1v) is 7.73. The molecule has 5 nitrogen and oxygen atoms in total. The molecule has 0 radical (unpaired) electrons. The number of hydrogen-bond acceptors (Lipinski definition) is 4. The zero-order valence-electron chi connectivity index (χ0n) is 14.0. The Kier molecular flexibility index (Phi) is 6.11. The molecule has 0 aliphatic carbocycles. The molecule has 2 N–H and O–H groups in total. The van der Waals surface area contributed by atoms with Crippen molar-refractivity contribution in [2.45, 2.75) is 13.5 Å². The van der Waals surface area contributed by atoms with Crippen LogP contribution in [-0.2, 0) is 6.54 Å². The van der Waals surface area contributed by atoms with Crippen LogP contribution in [0.3, 0.4) is 0 Å². The maximum absolute atomic E-state index is 11.9. The van der Waals surface area contributed by atoms with E-state index in [1.165, 1.54) is 11.1 Å². The molecule has 1 heterocycles. The highest BCUT2D eigenvalue weighted by molar-refractivity contribution is 5.92. The molecular formula is C18H24N4O. The highest BCUT2D eigenvalue weighted by atomic mass is 16.1. The van der Waals surface area contributed by atoms with Crippen LogP contribution in [0.4, 0.5) is 5.69 Å². The molecule has 23 heavy (non-hydrogen) atoms. The molecule has 0 saturated heterocycles. The fraction of sp³-hybridized carbons (Fsp3) is 0.333. The van der Waals surface area contributed by atoms with E-state index in [1.54, 1.807) is 12.3 Å². The fourth-order valence-electron chi connectivity index (χ4n) is 2.03. The number of likely N-dealkylation sites (N-methyl/N-ethyl adjacent to an activating group) is 1. The molecule has 1 aromatic carbocycles. The van der Waals surface area contributed by atoms with Gasteiger partial charge in [-0.2, -0.15) is 0 Å². The second-order valence-electron chi connectivity index (χ2n) is 5.83. The van der Waals surface area contributed by atoms with Crippen LogP contribution in [-0.4, -0.2) is 43.0 Å². The Bertz CT molecular complexity index is 620. The van der Waals surface area contributed by atoms with Gasteiger partial charge in [0.2, 0.25) is 0 Å². The average molecular weight is 312 g/mol. The third-order valence-corrected chi connectivity index (χ3v) is 3.46. The fourth-order valence-corrected chi connectivity index (χ4v) is 2.03. The number of nitrogens with one attached hydrogen (secondary N) is 2. The average Bonchev–Trinajstić information content (AvgIpc) is 2.54. The van der Waals surface area contributed by atoms with E-state index in [4.69, 9.17) is 0 Å². The Morgan fingerprint density at radius 1 is 1.13 bits per heavy atom. The molecule has 0 saturated carbocycles. The number of carbonyl (C=O) groups excluding carboxylic acids is 1. The third kappa shape index (κ3) is 5.71. The predicted octanol–water partition coefficient (Wildman–Crippen LogP) is 2.29. The highest BCUT2D eigenvalue weighted by Crippen LogP contribution is 2.09. The summed E-state index contributed by atoms with van der Waals surface area (Å²) in [6.45, 7) is 4.22. The SMILES string of the molecule is Cc1ccc(CNc2ccc(C(=O)NCCN(C)C)nc2)cc1. The second-order valence-corrected chi connectivity index (χ2v) is 5.83. The van der Waals surface area contributed by atoms with E-state index in [9.17, 15) is 4.79 Å². The topological polar surface area (TPSA) is 57.3 Å². The number of carbonyl (C=O) groups is 1. The van der Waals surface area contributed by atoms with Crippen LogP contribution in [0, 0.1) is 6.92 Å². The summed E-state index contributed by atoms with van der Waals surface area (Å²) in [5.41, 5.74) is 3.79. The summed E-state index contributed by atoms with van der Waals surface area (Å²) >= 11 is 0. The van der Waals surface area contributed by atoms with Crippen LogP contribution < -0.4 is 10.6 Å². The molecule has 0 aliphatic rings. The number of aromatic nitrogens is 1. The van der Waals surface area contributed by atoms with E-state index in [0.717, 1.165) is 18.8 Å². The molecule has 122 valence electrons. The summed E-state index contributed by atoms with van der Waals surface area (Å²) in [5, 5.41) is 6.15. The van der Waals surface area contributed by atoms with Crippen molar-refractivity contribution in [1.82, 2.24) is 15.2 Å². The molecular weight excluding hydrogens is 288 g/mol. The number of aryl methyl sites for hydroxylation is 1. The van der Waals surface area contributed by atoms with E-state index in [2.05, 4.69) is 46.8 Å². The predicted molar refractivity (Wildman–Crippen MR) is 93.6 cm³/mol. The van der Waals surface area contributed by atoms with Crippen LogP contribution in [0.5, 0.6) is 0 Å². The molecule has 2 aromatic rings. The monoisotopic (exact) mass is 312 g/mol. The minimum atomic E-state index is -0.142. The molecule has 0 atom stereocenters. The van der Waals surface area contributed by atoms with Gasteiger partial charge < -0.3 is 15.5 Å². The summed E-state index contributed by atoms with van der Waals surface area (Å²) in [7, 11) is 3.94. The Morgan fingerprint density at radius 2 is 1.87 bits per heavy atom. The summed E-state index contributed by atoms with van der Waals surface area (Å²) in [4.78, 5) is 18.2. The molecule has 0 fully saturated rings. The minimum Gasteiger partial charge on any atom is -0.380 e. The molecule has 1 amide bonds. The Hall–Kier alpha value is -2.40. The summed E-state index contributed by atoms with van der Waals surface area (Å²) in [6.07, 6.45) is 1.69. The van der Waals surface area contributed by atoms with Crippen molar-refractivity contribution in [2.75, 3.05) is 32.5 Å². The van der Waals surface area contributed by atoms with Gasteiger partial charge in [0, 0.05) is 19.6 Å². The molecule has 0 spiro atoms. The molecule has 0 bridgehead atoms. The van der Waals surface area contributed by atoms with Crippen molar-refractivity contribution < 1.29 is 4.79 Å². The van der Waals surface area contributed by atoms with Gasteiger partial charge in [0.1, 0.15) is 5.69 Å². The number of pyridine rings is 1. The van der Waals surface area contributed by atoms with Crippen LogP contribution in [0.2, 0.25) is 0 Å². The molecule has 0 aliphatic heterocycles. The van der Waals surface area contributed by atoms with Gasteiger partial charge in [-0.25, -0.2) is 4.98 Å². The van der Waals surface area contributed by atoms with E-state index >= 15 is 0 Å². The highest BCUT2D eigenvalue weighted by Gasteiger charge is 2.06. The Balaban J connectivity index is 1.84. The molecule has 2 rings (SSSR count). The van der Waals surface area contributed by atoms with Crippen molar-refractivity contribution in [3.8, 4) is 0 Å². The van der Waals surface area contributed by atoms with Gasteiger partial charge in [-0.1, -0.05) is 29.8 Å². The Morgan fingerprint density at radius 3 is 2.48 bits per heavy atom. The van der Waals surface area contributed by atoms with E-state index in [0.29, 0.717) is 12.2 Å². The van der Waals surface area contributed by atoms with Crippen LogP contribution >= 0.6 is 0 Å². The van der Waals surface area contributed by atoms with Gasteiger partial charge in [0.15, 0.2) is 0 Å². The third-order valence-electron chi connectivity index (χ3n) is 3.46. The van der Waals surface area contributed by atoms with Gasteiger partial charge in [-0.3, -0.25) is 4.79 Å². The Labute approximate surface area is 137 Å². The number of benzene rings is 1. The quantitative estimate of drug-likeness (QED) is 0.823. The maximum Gasteiger partial charge on any atom is 0.269 e. The lowest BCUT2D eigenvalue weighted by atomic mass is 10.1. The van der Waals surface area contributed by atoms with Gasteiger partial charge in [0.25, 0.3) is 5.91 Å². The largest absolute Gasteiger partial charge is 0.380 e. The number of anilines is 1. The summed E-state index contributed by atoms with van der Waals surface area (Å²) < 4.78 is 0. The lowest BCUT2D eigenvalue weighted by Gasteiger charge is -2.10. The number of amides is 1. The van der Waals surface area contributed by atoms with Gasteiger partial charge in [-0.05, 0) is 38.7 Å². The van der Waals surface area contributed by atoms with Crippen molar-refractivity contribution >= 4 is 11.6 Å². The normalized spacial score (nSPS) is 10.6. The first kappa shape index (κ1) is 17.0. The molecule has 5 heteroatoms. The second kappa shape index (κ2) is 8.29. The van der Waals surface area contributed by atoms with Gasteiger partial charge in [0.05, 0.1) is 11.9 Å². The van der Waals surface area contributed by atoms with Crippen molar-refractivity contribution in [1.29, 1.82) is 0 Å². The number of nitrogens with zero attached hydrogens (tertiary/aromatic N) is 2. The van der Waals surface area contributed by atoms with Gasteiger partial charge in [-0.15, -0.1) is 0 Å². The van der Waals surface area contributed by atoms with Crippen molar-refractivity contribution in [3.05, 3.63) is 59.4 Å². The summed E-state index contributed by atoms with van der Waals surface area (Å²) in [6, 6.07) is 12.0. The first-order valence-electron chi connectivity index (χ1n) is 7.73. The van der Waals surface area contributed by atoms with E-state index in [-0.39, 0.29) is 5.91 Å². The molecule has 1 aromatic heterocycles. The zero-order valence-corrected chi connectivity index (χ0v) is 14.0. The van der Waals surface area contributed by atoms with Crippen LogP contribution in [0.1, 0.15) is 21.6 Å².